The van der Waals surface area contributed by atoms with Crippen molar-refractivity contribution in [1.29, 1.82) is 0 Å². The van der Waals surface area contributed by atoms with E-state index in [-0.39, 0.29) is 121 Å². The predicted molar refractivity (Wildman–Crippen MR) is 229 cm³/mol. The second-order valence-corrected chi connectivity index (χ2v) is 15.0. The lowest BCUT2D eigenvalue weighted by atomic mass is 10.0. The number of rotatable bonds is 45. The molecule has 0 aliphatic carbocycles. The van der Waals surface area contributed by atoms with Gasteiger partial charge in [0.2, 0.25) is 23.6 Å². The minimum atomic E-state index is -1.18. The summed E-state index contributed by atoms with van der Waals surface area (Å²) < 4.78 is 21.3. The van der Waals surface area contributed by atoms with Crippen molar-refractivity contribution in [2.75, 3.05) is 72.5 Å². The van der Waals surface area contributed by atoms with Crippen LogP contribution in [0, 0.1) is 0 Å². The number of hydrogen-bond acceptors (Lipinski definition) is 12. The number of aldehydes is 1. The number of carbonyl (C=O) groups is 7. The Labute approximate surface area is 359 Å². The first-order valence-electron chi connectivity index (χ1n) is 21.9. The smallest absolute Gasteiger partial charge is 0.326 e. The van der Waals surface area contributed by atoms with Crippen molar-refractivity contribution in [3.05, 3.63) is 0 Å². The zero-order valence-corrected chi connectivity index (χ0v) is 37.0. The second kappa shape index (κ2) is 42.4. The third-order valence-electron chi connectivity index (χ3n) is 9.33. The fourth-order valence-corrected chi connectivity index (χ4v) is 6.12. The van der Waals surface area contributed by atoms with Crippen molar-refractivity contribution in [2.45, 2.75) is 147 Å². The third-order valence-corrected chi connectivity index (χ3v) is 9.76. The van der Waals surface area contributed by atoms with Crippen molar-refractivity contribution in [1.82, 2.24) is 26.4 Å². The number of carboxylic acid groups (broad SMARTS) is 2. The van der Waals surface area contributed by atoms with Crippen molar-refractivity contribution >= 4 is 51.2 Å². The predicted octanol–water partition coefficient (Wildman–Crippen LogP) is 3.19. The molecule has 0 aliphatic heterocycles. The lowest BCUT2D eigenvalue weighted by molar-refractivity contribution is -0.142. The summed E-state index contributed by atoms with van der Waals surface area (Å²) in [5, 5.41) is 31.6. The van der Waals surface area contributed by atoms with Crippen LogP contribution in [-0.4, -0.2) is 137 Å². The Balaban J connectivity index is 3.65. The standard InChI is InChI=1S/C41H76N5O13P/c47-31-34(46-60)17-15-16-22-42-38(50)32-58-29-28-57-26-24-44-39(51)33-59-30-27-56-25-23-43-36(48)21-20-35(41(54)55)45-37(49)18-13-11-9-7-5-3-1-2-4-6-8-10-12-14-19-40(52)53/h31,34-35,46H,1-30,32-33,60H2,(H,42,50)(H,43,48)(H,44,51)(H,45,49)(H,52,53)(H,54,55). The maximum Gasteiger partial charge on any atom is 0.326 e. The minimum Gasteiger partial charge on any atom is -0.481 e. The van der Waals surface area contributed by atoms with Gasteiger partial charge < -0.3 is 55.2 Å². The summed E-state index contributed by atoms with van der Waals surface area (Å²) in [6.07, 6.45) is 18.6. The highest BCUT2D eigenvalue weighted by Crippen LogP contribution is 2.14. The van der Waals surface area contributed by atoms with Gasteiger partial charge in [0.1, 0.15) is 25.5 Å². The quantitative estimate of drug-likeness (QED) is 0.0264. The van der Waals surface area contributed by atoms with Crippen LogP contribution in [0.1, 0.15) is 135 Å². The Kier molecular flexibility index (Phi) is 40.1. The van der Waals surface area contributed by atoms with Crippen molar-refractivity contribution in [3.63, 3.8) is 0 Å². The summed E-state index contributed by atoms with van der Waals surface area (Å²) >= 11 is 0. The highest BCUT2D eigenvalue weighted by Gasteiger charge is 2.20. The van der Waals surface area contributed by atoms with Gasteiger partial charge in [-0.2, -0.15) is 0 Å². The maximum absolute atomic E-state index is 12.3. The van der Waals surface area contributed by atoms with Gasteiger partial charge in [-0.15, -0.1) is 0 Å². The fourth-order valence-electron chi connectivity index (χ4n) is 5.88. The van der Waals surface area contributed by atoms with Crippen LogP contribution < -0.4 is 26.4 Å². The van der Waals surface area contributed by atoms with E-state index in [1.807, 2.05) is 0 Å². The van der Waals surface area contributed by atoms with Gasteiger partial charge in [-0.25, -0.2) is 4.79 Å². The number of hydrogen-bond donors (Lipinski definition) is 7. The molecule has 0 aliphatic rings. The molecule has 0 bridgehead atoms. The average Bonchev–Trinajstić information content (AvgIpc) is 3.22. The molecule has 3 unspecified atom stereocenters. The highest BCUT2D eigenvalue weighted by molar-refractivity contribution is 7.13. The Morgan fingerprint density at radius 3 is 1.40 bits per heavy atom. The lowest BCUT2D eigenvalue weighted by Gasteiger charge is -2.14. The summed E-state index contributed by atoms with van der Waals surface area (Å²) in [7, 11) is 2.32. The number of unbranched alkanes of at least 4 members (excludes halogenated alkanes) is 14. The molecule has 0 rings (SSSR count). The van der Waals surface area contributed by atoms with Crippen molar-refractivity contribution < 1.29 is 62.7 Å². The number of carboxylic acids is 2. The molecule has 0 saturated heterocycles. The first-order valence-corrected chi connectivity index (χ1v) is 22.4. The zero-order valence-electron chi connectivity index (χ0n) is 35.8. The van der Waals surface area contributed by atoms with E-state index in [0.717, 1.165) is 57.7 Å². The van der Waals surface area contributed by atoms with Gasteiger partial charge in [0.25, 0.3) is 0 Å². The second-order valence-electron chi connectivity index (χ2n) is 14.6. The van der Waals surface area contributed by atoms with Gasteiger partial charge in [-0.05, 0) is 38.5 Å². The van der Waals surface area contributed by atoms with Gasteiger partial charge in [0, 0.05) is 38.9 Å². The monoisotopic (exact) mass is 878 g/mol. The highest BCUT2D eigenvalue weighted by atomic mass is 31.0. The molecule has 60 heavy (non-hydrogen) atoms. The summed E-state index contributed by atoms with van der Waals surface area (Å²) in [5.41, 5.74) is 0. The number of carbonyl (C=O) groups excluding carboxylic acids is 5. The lowest BCUT2D eigenvalue weighted by Crippen LogP contribution is -2.41. The van der Waals surface area contributed by atoms with E-state index in [2.05, 4.69) is 35.7 Å². The number of nitrogens with one attached hydrogen (secondary N) is 5. The van der Waals surface area contributed by atoms with Crippen LogP contribution in [0.15, 0.2) is 0 Å². The molecule has 4 amide bonds. The summed E-state index contributed by atoms with van der Waals surface area (Å²) in [4.78, 5) is 81.1. The zero-order chi connectivity index (χ0) is 44.3. The Morgan fingerprint density at radius 2 is 0.933 bits per heavy atom. The summed E-state index contributed by atoms with van der Waals surface area (Å²) in [6, 6.07) is -1.34. The minimum absolute atomic E-state index is 0.0260. The normalized spacial score (nSPS) is 12.0. The van der Waals surface area contributed by atoms with Gasteiger partial charge in [0.15, 0.2) is 0 Å². The molecule has 0 fully saturated rings. The molecule has 0 radical (unpaired) electrons. The molecule has 0 heterocycles. The van der Waals surface area contributed by atoms with Crippen molar-refractivity contribution in [2.24, 2.45) is 0 Å². The van der Waals surface area contributed by atoms with E-state index in [1.54, 1.807) is 0 Å². The summed E-state index contributed by atoms with van der Waals surface area (Å²) in [5.74, 6) is -3.12. The SMILES string of the molecule is O=CC(CCCCNC(=O)COCCOCCNC(=O)COCCOCCNC(=O)CCC(NC(=O)CCCCCCCCCCCCCCCCC(=O)O)C(=O)O)NP. The molecular weight excluding hydrogens is 801 g/mol. The van der Waals surface area contributed by atoms with Gasteiger partial charge >= 0.3 is 11.9 Å². The van der Waals surface area contributed by atoms with Crippen LogP contribution in [0.3, 0.4) is 0 Å². The Hall–Kier alpha value is -3.28. The number of aliphatic carboxylic acids is 2. The number of amides is 4. The molecule has 3 atom stereocenters. The van der Waals surface area contributed by atoms with E-state index in [0.29, 0.717) is 19.4 Å². The molecule has 18 nitrogen and oxygen atoms in total. The molecule has 348 valence electrons. The largest absolute Gasteiger partial charge is 0.481 e. The molecule has 7 N–H and O–H groups in total. The Morgan fingerprint density at radius 1 is 0.483 bits per heavy atom. The molecule has 0 aromatic rings. The topological polar surface area (TPSA) is 257 Å². The van der Waals surface area contributed by atoms with Gasteiger partial charge in [-0.3, -0.25) is 29.1 Å². The van der Waals surface area contributed by atoms with Crippen LogP contribution >= 0.6 is 9.39 Å². The van der Waals surface area contributed by atoms with Gasteiger partial charge in [0.05, 0.1) is 45.7 Å². The molecule has 0 aromatic carbocycles. The first-order chi connectivity index (χ1) is 29.1. The van der Waals surface area contributed by atoms with Crippen molar-refractivity contribution in [3.8, 4) is 0 Å². The molecule has 0 saturated carbocycles. The average molecular weight is 878 g/mol. The fraction of sp³-hybridized carbons (Fsp3) is 0.829. The Bertz CT molecular complexity index is 1150. The van der Waals surface area contributed by atoms with Crippen LogP contribution in [0.2, 0.25) is 0 Å². The molecular formula is C41H76N5O13P. The van der Waals surface area contributed by atoms with Crippen LogP contribution in [0.25, 0.3) is 0 Å². The van der Waals surface area contributed by atoms with E-state index in [4.69, 9.17) is 24.1 Å². The molecule has 0 aromatic heterocycles. The first kappa shape index (κ1) is 56.7. The van der Waals surface area contributed by atoms with E-state index in [1.165, 1.54) is 44.9 Å². The van der Waals surface area contributed by atoms with E-state index < -0.39 is 18.0 Å². The molecule has 19 heteroatoms. The third kappa shape index (κ3) is 40.1. The number of ether oxygens (including phenoxy) is 4. The maximum atomic E-state index is 12.3. The van der Waals surface area contributed by atoms with Crippen LogP contribution in [0.5, 0.6) is 0 Å². The summed E-state index contributed by atoms with van der Waals surface area (Å²) in [6.45, 7) is 2.10. The molecule has 0 spiro atoms. The van der Waals surface area contributed by atoms with Crippen LogP contribution in [-0.2, 0) is 52.5 Å². The van der Waals surface area contributed by atoms with Gasteiger partial charge in [-0.1, -0.05) is 86.4 Å². The van der Waals surface area contributed by atoms with E-state index in [9.17, 15) is 38.7 Å². The van der Waals surface area contributed by atoms with E-state index >= 15 is 0 Å². The van der Waals surface area contributed by atoms with Crippen LogP contribution in [0.4, 0.5) is 0 Å².